The van der Waals surface area contributed by atoms with E-state index in [1.54, 1.807) is 16.4 Å². The number of piperidine rings is 1. The molecule has 2 aromatic rings. The molecule has 2 N–H and O–H groups in total. The summed E-state index contributed by atoms with van der Waals surface area (Å²) in [5.41, 5.74) is 3.36. The van der Waals surface area contributed by atoms with Gasteiger partial charge in [-0.3, -0.25) is 4.99 Å². The fourth-order valence-corrected chi connectivity index (χ4v) is 6.16. The van der Waals surface area contributed by atoms with Crippen molar-refractivity contribution in [2.45, 2.75) is 56.5 Å². The molecule has 2 aliphatic rings. The highest BCUT2D eigenvalue weighted by atomic mass is 32.2. The van der Waals surface area contributed by atoms with Crippen LogP contribution >= 0.6 is 0 Å². The highest BCUT2D eigenvalue weighted by Crippen LogP contribution is 2.29. The molecule has 0 amide bonds. The van der Waals surface area contributed by atoms with Gasteiger partial charge in [0.15, 0.2) is 0 Å². The maximum Gasteiger partial charge on any atom is 0.243 e. The molecule has 4 rings (SSSR count). The van der Waals surface area contributed by atoms with Gasteiger partial charge in [-0.1, -0.05) is 55.3 Å². The molecule has 7 heteroatoms. The second kappa shape index (κ2) is 9.73. The largest absolute Gasteiger partial charge is 0.368 e. The molecule has 0 unspecified atom stereocenters. The molecule has 32 heavy (non-hydrogen) atoms. The Morgan fingerprint density at radius 1 is 1.09 bits per heavy atom. The summed E-state index contributed by atoms with van der Waals surface area (Å²) < 4.78 is 28.0. The molecule has 0 saturated carbocycles. The molecule has 1 spiro atoms. The van der Waals surface area contributed by atoms with Gasteiger partial charge in [-0.25, -0.2) is 8.42 Å². The maximum absolute atomic E-state index is 13.2. The molecule has 6 nitrogen and oxygen atoms in total. The number of sulfonamides is 1. The van der Waals surface area contributed by atoms with Crippen molar-refractivity contribution in [3.05, 3.63) is 65.2 Å². The molecule has 0 radical (unpaired) electrons. The Morgan fingerprint density at radius 2 is 1.84 bits per heavy atom. The molecule has 0 aliphatic carbocycles. The van der Waals surface area contributed by atoms with E-state index in [4.69, 9.17) is 4.99 Å². The third-order valence-electron chi connectivity index (χ3n) is 6.52. The van der Waals surface area contributed by atoms with Crippen molar-refractivity contribution in [2.75, 3.05) is 26.2 Å². The quantitative estimate of drug-likeness (QED) is 0.703. The van der Waals surface area contributed by atoms with Crippen LogP contribution in [0.1, 0.15) is 42.9 Å². The van der Waals surface area contributed by atoms with Crippen LogP contribution in [0, 0.1) is 6.92 Å². The lowest BCUT2D eigenvalue weighted by Gasteiger charge is -2.44. The molecular weight excluding hydrogens is 420 g/mol. The first-order chi connectivity index (χ1) is 15.4. The summed E-state index contributed by atoms with van der Waals surface area (Å²) in [6, 6.07) is 15.8. The number of amidine groups is 1. The van der Waals surface area contributed by atoms with Gasteiger partial charge in [-0.2, -0.15) is 4.31 Å². The molecular formula is C25H34N4O2S. The van der Waals surface area contributed by atoms with Gasteiger partial charge in [-0.15, -0.1) is 0 Å². The lowest BCUT2D eigenvalue weighted by molar-refractivity contribution is 0.241. The smallest absolute Gasteiger partial charge is 0.243 e. The first-order valence-corrected chi connectivity index (χ1v) is 13.1. The van der Waals surface area contributed by atoms with Gasteiger partial charge >= 0.3 is 0 Å². The Kier molecular flexibility index (Phi) is 6.98. The number of hydrogen-bond donors (Lipinski definition) is 2. The number of nitrogens with zero attached hydrogens (tertiary/aromatic N) is 2. The van der Waals surface area contributed by atoms with Gasteiger partial charge in [0.2, 0.25) is 10.0 Å². The molecule has 2 heterocycles. The minimum Gasteiger partial charge on any atom is -0.368 e. The monoisotopic (exact) mass is 454 g/mol. The molecule has 0 bridgehead atoms. The number of rotatable bonds is 6. The Balaban J connectivity index is 1.43. The lowest BCUT2D eigenvalue weighted by atomic mass is 9.85. The summed E-state index contributed by atoms with van der Waals surface area (Å²) in [6.45, 7) is 7.47. The second-order valence-corrected chi connectivity index (χ2v) is 10.8. The fraction of sp³-hybridized carbons (Fsp3) is 0.480. The van der Waals surface area contributed by atoms with Crippen molar-refractivity contribution in [1.82, 2.24) is 14.9 Å². The van der Waals surface area contributed by atoms with E-state index in [2.05, 4.69) is 48.7 Å². The summed E-state index contributed by atoms with van der Waals surface area (Å²) >= 11 is 0. The molecule has 0 atom stereocenters. The molecule has 1 saturated heterocycles. The van der Waals surface area contributed by atoms with E-state index < -0.39 is 10.0 Å². The Bertz CT molecular complexity index is 1060. The minimum atomic E-state index is -3.48. The highest BCUT2D eigenvalue weighted by Gasteiger charge is 2.43. The fourth-order valence-electron chi connectivity index (χ4n) is 4.72. The zero-order valence-electron chi connectivity index (χ0n) is 19.1. The normalized spacial score (nSPS) is 19.0. The minimum absolute atomic E-state index is 0.279. The molecule has 2 aliphatic heterocycles. The first kappa shape index (κ1) is 23.0. The van der Waals surface area contributed by atoms with Crippen LogP contribution in [0.4, 0.5) is 0 Å². The van der Waals surface area contributed by atoms with Crippen LogP contribution in [-0.2, 0) is 23.0 Å². The molecule has 0 aromatic heterocycles. The summed E-state index contributed by atoms with van der Waals surface area (Å²) in [4.78, 5) is 5.18. The third kappa shape index (κ3) is 4.90. The van der Waals surface area contributed by atoms with Gasteiger partial charge < -0.3 is 10.6 Å². The number of hydrogen-bond acceptors (Lipinski definition) is 5. The zero-order valence-corrected chi connectivity index (χ0v) is 19.9. The predicted molar refractivity (Wildman–Crippen MR) is 129 cm³/mol. The summed E-state index contributed by atoms with van der Waals surface area (Å²) in [7, 11) is -3.48. The van der Waals surface area contributed by atoms with Gasteiger partial charge in [0.25, 0.3) is 0 Å². The topological polar surface area (TPSA) is 73.8 Å². The van der Waals surface area contributed by atoms with Crippen LogP contribution in [0.5, 0.6) is 0 Å². The molecule has 2 aromatic carbocycles. The van der Waals surface area contributed by atoms with Gasteiger partial charge in [0, 0.05) is 26.2 Å². The van der Waals surface area contributed by atoms with E-state index in [9.17, 15) is 8.42 Å². The van der Waals surface area contributed by atoms with Crippen LogP contribution in [0.15, 0.2) is 58.4 Å². The van der Waals surface area contributed by atoms with Gasteiger partial charge in [0.1, 0.15) is 5.84 Å². The van der Waals surface area contributed by atoms with Gasteiger partial charge in [0.05, 0.1) is 17.0 Å². The van der Waals surface area contributed by atoms with Crippen LogP contribution in [-0.4, -0.2) is 50.3 Å². The predicted octanol–water partition coefficient (Wildman–Crippen LogP) is 3.26. The SMILES string of the molecule is CCCc1ccc(S(=O)(=O)N2CCC3(CC2)NCCN=C3NCc2cccc(C)c2)cc1. The second-order valence-electron chi connectivity index (χ2n) is 8.88. The summed E-state index contributed by atoms with van der Waals surface area (Å²) in [5.74, 6) is 0.964. The average Bonchev–Trinajstić information content (AvgIpc) is 2.80. The van der Waals surface area contributed by atoms with Crippen LogP contribution < -0.4 is 10.6 Å². The van der Waals surface area contributed by atoms with E-state index in [0.717, 1.165) is 38.3 Å². The Morgan fingerprint density at radius 3 is 2.53 bits per heavy atom. The van der Waals surface area contributed by atoms with Crippen molar-refractivity contribution in [3.63, 3.8) is 0 Å². The molecule has 1 fully saturated rings. The van der Waals surface area contributed by atoms with E-state index in [1.165, 1.54) is 16.7 Å². The lowest BCUT2D eigenvalue weighted by Crippen LogP contribution is -2.64. The number of nitrogens with one attached hydrogen (secondary N) is 2. The summed E-state index contributed by atoms with van der Waals surface area (Å²) in [6.07, 6.45) is 3.44. The number of aryl methyl sites for hydroxylation is 2. The van der Waals surface area contributed by atoms with E-state index in [-0.39, 0.29) is 5.54 Å². The highest BCUT2D eigenvalue weighted by molar-refractivity contribution is 7.89. The van der Waals surface area contributed by atoms with E-state index in [1.807, 2.05) is 12.1 Å². The Hall–Kier alpha value is -2.22. The van der Waals surface area contributed by atoms with E-state index in [0.29, 0.717) is 30.8 Å². The van der Waals surface area contributed by atoms with Gasteiger partial charge in [-0.05, 0) is 49.4 Å². The summed E-state index contributed by atoms with van der Waals surface area (Å²) in [5, 5.41) is 7.20. The average molecular weight is 455 g/mol. The number of aliphatic imine (C=N–C) groups is 1. The molecule has 172 valence electrons. The standard InChI is InChI=1S/C25H34N4O2S/c1-3-5-21-8-10-23(11-9-21)32(30,31)29-16-12-25(13-17-29)24(26-14-15-28-25)27-19-22-7-4-6-20(2)18-22/h4,6-11,18,28H,3,5,12-17,19H2,1-2H3,(H,26,27). The van der Waals surface area contributed by atoms with Crippen LogP contribution in [0.25, 0.3) is 0 Å². The van der Waals surface area contributed by atoms with Crippen molar-refractivity contribution in [3.8, 4) is 0 Å². The van der Waals surface area contributed by atoms with Crippen molar-refractivity contribution in [1.29, 1.82) is 0 Å². The van der Waals surface area contributed by atoms with E-state index >= 15 is 0 Å². The van der Waals surface area contributed by atoms with Crippen LogP contribution in [0.2, 0.25) is 0 Å². The van der Waals surface area contributed by atoms with Crippen LogP contribution in [0.3, 0.4) is 0 Å². The van der Waals surface area contributed by atoms with Crippen molar-refractivity contribution in [2.24, 2.45) is 4.99 Å². The number of benzene rings is 2. The van der Waals surface area contributed by atoms with Crippen molar-refractivity contribution >= 4 is 15.9 Å². The third-order valence-corrected chi connectivity index (χ3v) is 8.43. The maximum atomic E-state index is 13.2. The Labute approximate surface area is 192 Å². The first-order valence-electron chi connectivity index (χ1n) is 11.6. The van der Waals surface area contributed by atoms with Crippen molar-refractivity contribution < 1.29 is 8.42 Å². The zero-order chi connectivity index (χ0) is 22.6.